The number of nitrogens with zero attached hydrogens (tertiary/aromatic N) is 2. The first kappa shape index (κ1) is 16.3. The van der Waals surface area contributed by atoms with Crippen LogP contribution in [0.3, 0.4) is 0 Å². The van der Waals surface area contributed by atoms with E-state index >= 15 is 0 Å². The van der Waals surface area contributed by atoms with Crippen LogP contribution in [-0.2, 0) is 10.5 Å². The number of carbonyl (C=O) groups is 1. The van der Waals surface area contributed by atoms with Gasteiger partial charge < -0.3 is 5.32 Å². The Morgan fingerprint density at radius 1 is 1.12 bits per heavy atom. The van der Waals surface area contributed by atoms with Gasteiger partial charge in [0.25, 0.3) is 0 Å². The molecule has 0 fully saturated rings. The van der Waals surface area contributed by atoms with Gasteiger partial charge in [0, 0.05) is 23.8 Å². The standard InChI is InChI=1S/C19H19N3OS/c1-15-5-2-3-6-18(15)21-19(23)14-24-13-16-7-9-17(10-8-16)22-12-4-11-20-22/h2-12H,13-14H2,1H3,(H,21,23). The van der Waals surface area contributed by atoms with Gasteiger partial charge in [-0.1, -0.05) is 30.3 Å². The van der Waals surface area contributed by atoms with E-state index in [0.29, 0.717) is 5.75 Å². The molecule has 1 amide bonds. The van der Waals surface area contributed by atoms with Crippen molar-refractivity contribution in [2.75, 3.05) is 11.1 Å². The Kier molecular flexibility index (Phi) is 5.33. The molecule has 24 heavy (non-hydrogen) atoms. The molecule has 1 aromatic heterocycles. The SMILES string of the molecule is Cc1ccccc1NC(=O)CSCc1ccc(-n2cccn2)cc1. The number of para-hydroxylation sites is 1. The number of thioether (sulfide) groups is 1. The van der Waals surface area contributed by atoms with Crippen LogP contribution in [0.2, 0.25) is 0 Å². The van der Waals surface area contributed by atoms with Crippen LogP contribution in [0.5, 0.6) is 0 Å². The Morgan fingerprint density at radius 2 is 1.92 bits per heavy atom. The van der Waals surface area contributed by atoms with Gasteiger partial charge in [-0.2, -0.15) is 5.10 Å². The molecule has 1 heterocycles. The largest absolute Gasteiger partial charge is 0.325 e. The van der Waals surface area contributed by atoms with Gasteiger partial charge in [0.2, 0.25) is 5.91 Å². The van der Waals surface area contributed by atoms with Gasteiger partial charge in [-0.15, -0.1) is 11.8 Å². The summed E-state index contributed by atoms with van der Waals surface area (Å²) in [5.41, 5.74) is 4.18. The molecule has 0 saturated heterocycles. The zero-order valence-corrected chi connectivity index (χ0v) is 14.3. The van der Waals surface area contributed by atoms with Crippen molar-refractivity contribution in [3.8, 4) is 5.69 Å². The third-order valence-corrected chi connectivity index (χ3v) is 4.63. The van der Waals surface area contributed by atoms with E-state index in [1.54, 1.807) is 18.0 Å². The van der Waals surface area contributed by atoms with Crippen molar-refractivity contribution < 1.29 is 4.79 Å². The minimum atomic E-state index is 0.0301. The molecule has 1 N–H and O–H groups in total. The Hall–Kier alpha value is -2.53. The zero-order chi connectivity index (χ0) is 16.8. The summed E-state index contributed by atoms with van der Waals surface area (Å²) in [7, 11) is 0. The van der Waals surface area contributed by atoms with E-state index in [2.05, 4.69) is 22.5 Å². The van der Waals surface area contributed by atoms with Crippen LogP contribution in [0.25, 0.3) is 5.69 Å². The maximum absolute atomic E-state index is 12.0. The summed E-state index contributed by atoms with van der Waals surface area (Å²) >= 11 is 1.61. The lowest BCUT2D eigenvalue weighted by Crippen LogP contribution is -2.14. The molecular formula is C19H19N3OS. The average Bonchev–Trinajstić information content (AvgIpc) is 3.12. The molecule has 0 spiro atoms. The minimum absolute atomic E-state index is 0.0301. The lowest BCUT2D eigenvalue weighted by atomic mass is 10.2. The predicted molar refractivity (Wildman–Crippen MR) is 99.5 cm³/mol. The van der Waals surface area contributed by atoms with Crippen molar-refractivity contribution in [1.29, 1.82) is 0 Å². The molecular weight excluding hydrogens is 318 g/mol. The number of rotatable bonds is 6. The number of aromatic nitrogens is 2. The second-order valence-corrected chi connectivity index (χ2v) is 6.46. The number of carbonyl (C=O) groups excluding carboxylic acids is 1. The van der Waals surface area contributed by atoms with Crippen molar-refractivity contribution in [3.63, 3.8) is 0 Å². The summed E-state index contributed by atoms with van der Waals surface area (Å²) in [6.07, 6.45) is 3.68. The van der Waals surface area contributed by atoms with E-state index in [0.717, 1.165) is 22.7 Å². The van der Waals surface area contributed by atoms with Crippen molar-refractivity contribution in [1.82, 2.24) is 9.78 Å². The van der Waals surface area contributed by atoms with E-state index < -0.39 is 0 Å². The average molecular weight is 337 g/mol. The third-order valence-electron chi connectivity index (χ3n) is 3.63. The van der Waals surface area contributed by atoms with Crippen LogP contribution >= 0.6 is 11.8 Å². The van der Waals surface area contributed by atoms with Gasteiger partial charge in [-0.05, 0) is 42.3 Å². The topological polar surface area (TPSA) is 46.9 Å². The lowest BCUT2D eigenvalue weighted by Gasteiger charge is -2.08. The number of nitrogens with one attached hydrogen (secondary N) is 1. The highest BCUT2D eigenvalue weighted by atomic mass is 32.2. The molecule has 122 valence electrons. The van der Waals surface area contributed by atoms with Crippen LogP contribution in [-0.4, -0.2) is 21.4 Å². The van der Waals surface area contributed by atoms with Gasteiger partial charge >= 0.3 is 0 Å². The fraction of sp³-hybridized carbons (Fsp3) is 0.158. The second-order valence-electron chi connectivity index (χ2n) is 5.47. The molecule has 0 aliphatic heterocycles. The minimum Gasteiger partial charge on any atom is -0.325 e. The number of hydrogen-bond acceptors (Lipinski definition) is 3. The summed E-state index contributed by atoms with van der Waals surface area (Å²) in [5, 5.41) is 7.16. The molecule has 0 radical (unpaired) electrons. The molecule has 0 unspecified atom stereocenters. The quantitative estimate of drug-likeness (QED) is 0.738. The highest BCUT2D eigenvalue weighted by Crippen LogP contribution is 2.17. The first-order valence-electron chi connectivity index (χ1n) is 7.74. The Morgan fingerprint density at radius 3 is 2.62 bits per heavy atom. The molecule has 3 aromatic rings. The van der Waals surface area contributed by atoms with E-state index in [9.17, 15) is 4.79 Å². The predicted octanol–water partition coefficient (Wildman–Crippen LogP) is 4.05. The summed E-state index contributed by atoms with van der Waals surface area (Å²) < 4.78 is 1.83. The van der Waals surface area contributed by atoms with Crippen molar-refractivity contribution >= 4 is 23.4 Å². The van der Waals surface area contributed by atoms with Crippen molar-refractivity contribution in [2.45, 2.75) is 12.7 Å². The summed E-state index contributed by atoms with van der Waals surface area (Å²) in [4.78, 5) is 12.0. The number of amides is 1. The maximum Gasteiger partial charge on any atom is 0.234 e. The highest BCUT2D eigenvalue weighted by Gasteiger charge is 2.05. The van der Waals surface area contributed by atoms with E-state index in [-0.39, 0.29) is 5.91 Å². The van der Waals surface area contributed by atoms with Gasteiger partial charge in [0.05, 0.1) is 11.4 Å². The highest BCUT2D eigenvalue weighted by molar-refractivity contribution is 7.99. The van der Waals surface area contributed by atoms with Crippen LogP contribution in [0.1, 0.15) is 11.1 Å². The number of hydrogen-bond donors (Lipinski definition) is 1. The molecule has 4 nitrogen and oxygen atoms in total. The molecule has 3 rings (SSSR count). The maximum atomic E-state index is 12.0. The fourth-order valence-electron chi connectivity index (χ4n) is 2.33. The van der Waals surface area contributed by atoms with Crippen LogP contribution in [0.15, 0.2) is 67.0 Å². The Bertz CT molecular complexity index is 798. The lowest BCUT2D eigenvalue weighted by molar-refractivity contribution is -0.113. The van der Waals surface area contributed by atoms with Crippen molar-refractivity contribution in [2.24, 2.45) is 0 Å². The molecule has 0 aliphatic carbocycles. The van der Waals surface area contributed by atoms with Crippen LogP contribution in [0.4, 0.5) is 5.69 Å². The number of aryl methyl sites for hydroxylation is 1. The van der Waals surface area contributed by atoms with E-state index in [1.807, 2.05) is 60.3 Å². The summed E-state index contributed by atoms with van der Waals surface area (Å²) in [5.74, 6) is 1.28. The van der Waals surface area contributed by atoms with Crippen LogP contribution < -0.4 is 5.32 Å². The van der Waals surface area contributed by atoms with Gasteiger partial charge in [0.1, 0.15) is 0 Å². The van der Waals surface area contributed by atoms with Gasteiger partial charge in [-0.3, -0.25) is 4.79 Å². The third kappa shape index (κ3) is 4.26. The van der Waals surface area contributed by atoms with Crippen molar-refractivity contribution in [3.05, 3.63) is 78.1 Å². The first-order valence-corrected chi connectivity index (χ1v) is 8.90. The molecule has 0 atom stereocenters. The second kappa shape index (κ2) is 7.84. The molecule has 5 heteroatoms. The zero-order valence-electron chi connectivity index (χ0n) is 13.5. The Labute approximate surface area is 145 Å². The normalized spacial score (nSPS) is 10.5. The van der Waals surface area contributed by atoms with Gasteiger partial charge in [0.15, 0.2) is 0 Å². The van der Waals surface area contributed by atoms with Gasteiger partial charge in [-0.25, -0.2) is 4.68 Å². The molecule has 0 aliphatic rings. The summed E-state index contributed by atoms with van der Waals surface area (Å²) in [6, 6.07) is 17.9. The molecule has 0 bridgehead atoms. The smallest absolute Gasteiger partial charge is 0.234 e. The monoisotopic (exact) mass is 337 g/mol. The van der Waals surface area contributed by atoms with Crippen LogP contribution in [0, 0.1) is 6.92 Å². The number of anilines is 1. The summed E-state index contributed by atoms with van der Waals surface area (Å²) in [6.45, 7) is 1.99. The number of benzene rings is 2. The molecule has 0 saturated carbocycles. The fourth-order valence-corrected chi connectivity index (χ4v) is 3.12. The Balaban J connectivity index is 1.48. The van der Waals surface area contributed by atoms with E-state index in [1.165, 1.54) is 5.56 Å². The molecule has 2 aromatic carbocycles. The first-order chi connectivity index (χ1) is 11.7. The van der Waals surface area contributed by atoms with E-state index in [4.69, 9.17) is 0 Å².